The molecule has 0 saturated heterocycles. The van der Waals surface area contributed by atoms with E-state index in [4.69, 9.17) is 34.8 Å². The van der Waals surface area contributed by atoms with Gasteiger partial charge in [-0.25, -0.2) is 13.4 Å². The van der Waals surface area contributed by atoms with Crippen LogP contribution in [0.3, 0.4) is 0 Å². The number of benzene rings is 3. The summed E-state index contributed by atoms with van der Waals surface area (Å²) < 4.78 is 106. The average molecular weight is 638 g/mol. The Hall–Kier alpha value is -1.90. The first-order chi connectivity index (χ1) is 17.0. The van der Waals surface area contributed by atoms with Gasteiger partial charge in [0, 0.05) is 0 Å². The molecule has 4 nitrogen and oxygen atoms in total. The van der Waals surface area contributed by atoms with Crippen LogP contribution in [-0.2, 0) is 22.4 Å². The maximum atomic E-state index is 13.0. The summed E-state index contributed by atoms with van der Waals surface area (Å²) in [5, 5.41) is -0.663. The first-order valence-electron chi connectivity index (χ1n) is 9.59. The Bertz CT molecular complexity index is 1600. The second-order valence-electron chi connectivity index (χ2n) is 7.28. The number of thiazole rings is 1. The number of alkyl halides is 6. The van der Waals surface area contributed by atoms with Crippen molar-refractivity contribution in [3.63, 3.8) is 0 Å². The monoisotopic (exact) mass is 636 g/mol. The number of hydrogen-bond donors (Lipinski definition) is 1. The molecule has 0 aliphatic carbocycles. The van der Waals surface area contributed by atoms with E-state index in [0.717, 1.165) is 41.3 Å². The van der Waals surface area contributed by atoms with E-state index in [1.165, 1.54) is 18.2 Å². The lowest BCUT2D eigenvalue weighted by atomic mass is 10.2. The predicted octanol–water partition coefficient (Wildman–Crippen LogP) is 9.25. The lowest BCUT2D eigenvalue weighted by molar-refractivity contribution is -0.138. The largest absolute Gasteiger partial charge is 0.416 e. The molecule has 0 spiro atoms. The molecule has 0 unspecified atom stereocenters. The Balaban J connectivity index is 1.59. The molecule has 0 aliphatic rings. The Morgan fingerprint density at radius 2 is 1.38 bits per heavy atom. The maximum absolute atomic E-state index is 13.0. The minimum Gasteiger partial charge on any atom is -0.279 e. The summed E-state index contributed by atoms with van der Waals surface area (Å²) in [4.78, 5) is 3.84. The summed E-state index contributed by atoms with van der Waals surface area (Å²) >= 11 is 20.4. The molecular formula is C21H9Cl3F6N2O2S3. The van der Waals surface area contributed by atoms with Gasteiger partial charge >= 0.3 is 12.4 Å². The van der Waals surface area contributed by atoms with Crippen molar-refractivity contribution >= 4 is 83.8 Å². The van der Waals surface area contributed by atoms with Gasteiger partial charge in [0.25, 0.3) is 10.0 Å². The normalized spacial score (nSPS) is 12.8. The molecule has 196 valence electrons. The van der Waals surface area contributed by atoms with Crippen molar-refractivity contribution in [1.82, 2.24) is 4.98 Å². The zero-order valence-corrected chi connectivity index (χ0v) is 22.2. The number of halogens is 9. The van der Waals surface area contributed by atoms with Crippen LogP contribution in [0.4, 0.5) is 32.0 Å². The maximum Gasteiger partial charge on any atom is 0.416 e. The molecule has 0 atom stereocenters. The van der Waals surface area contributed by atoms with Crippen LogP contribution in [0.1, 0.15) is 11.1 Å². The summed E-state index contributed by atoms with van der Waals surface area (Å²) in [6.45, 7) is 0. The molecule has 1 aromatic heterocycles. The van der Waals surface area contributed by atoms with E-state index >= 15 is 0 Å². The van der Waals surface area contributed by atoms with Gasteiger partial charge in [-0.3, -0.25) is 4.72 Å². The smallest absolute Gasteiger partial charge is 0.279 e. The van der Waals surface area contributed by atoms with Gasteiger partial charge in [-0.2, -0.15) is 26.3 Å². The van der Waals surface area contributed by atoms with Crippen LogP contribution in [0.2, 0.25) is 15.1 Å². The van der Waals surface area contributed by atoms with Crippen LogP contribution in [0.25, 0.3) is 10.2 Å². The van der Waals surface area contributed by atoms with E-state index in [1.54, 1.807) is 0 Å². The summed E-state index contributed by atoms with van der Waals surface area (Å²) in [5.74, 6) is 0. The molecular weight excluding hydrogens is 629 g/mol. The third-order valence-corrected chi connectivity index (χ3v) is 9.61. The van der Waals surface area contributed by atoms with Crippen LogP contribution >= 0.6 is 57.9 Å². The molecule has 16 heteroatoms. The lowest BCUT2D eigenvalue weighted by Crippen LogP contribution is -2.14. The number of aromatic nitrogens is 1. The van der Waals surface area contributed by atoms with Crippen LogP contribution in [-0.4, -0.2) is 13.4 Å². The second-order valence-corrected chi connectivity index (χ2v) is 12.4. The van der Waals surface area contributed by atoms with Crippen molar-refractivity contribution in [3.05, 3.63) is 74.7 Å². The first kappa shape index (κ1) is 28.1. The number of anilines is 1. The van der Waals surface area contributed by atoms with Crippen LogP contribution in [0, 0.1) is 0 Å². The topological polar surface area (TPSA) is 59.1 Å². The number of nitrogens with one attached hydrogen (secondary N) is 1. The molecule has 0 saturated carbocycles. The van der Waals surface area contributed by atoms with Gasteiger partial charge in [0.1, 0.15) is 4.90 Å². The van der Waals surface area contributed by atoms with Gasteiger partial charge in [-0.05, 0) is 48.5 Å². The second kappa shape index (κ2) is 10.0. The summed E-state index contributed by atoms with van der Waals surface area (Å²) in [6.07, 6.45) is -9.23. The van der Waals surface area contributed by atoms with E-state index in [-0.39, 0.29) is 26.1 Å². The minimum absolute atomic E-state index is 0.0102. The molecule has 0 bridgehead atoms. The van der Waals surface area contributed by atoms with Crippen molar-refractivity contribution in [2.75, 3.05) is 4.72 Å². The van der Waals surface area contributed by atoms with E-state index < -0.39 is 43.4 Å². The molecule has 1 N–H and O–H groups in total. The highest BCUT2D eigenvalue weighted by Gasteiger charge is 2.32. The quantitative estimate of drug-likeness (QED) is 0.222. The zero-order valence-electron chi connectivity index (χ0n) is 17.5. The van der Waals surface area contributed by atoms with E-state index in [2.05, 4.69) is 9.71 Å². The van der Waals surface area contributed by atoms with Crippen LogP contribution in [0.15, 0.2) is 62.7 Å². The molecule has 0 radical (unpaired) electrons. The van der Waals surface area contributed by atoms with E-state index in [0.29, 0.717) is 21.2 Å². The molecule has 0 amide bonds. The fraction of sp³-hybridized carbons (Fsp3) is 0.0952. The number of sulfonamides is 1. The summed E-state index contributed by atoms with van der Waals surface area (Å²) in [5.41, 5.74) is -1.93. The van der Waals surface area contributed by atoms with Gasteiger partial charge in [-0.1, -0.05) is 46.6 Å². The Morgan fingerprint density at radius 3 is 1.95 bits per heavy atom. The van der Waals surface area contributed by atoms with Crippen molar-refractivity contribution < 1.29 is 34.8 Å². The highest BCUT2D eigenvalue weighted by molar-refractivity contribution is 8.01. The van der Waals surface area contributed by atoms with E-state index in [9.17, 15) is 34.8 Å². The molecule has 0 aliphatic heterocycles. The molecule has 1 heterocycles. The van der Waals surface area contributed by atoms with Crippen LogP contribution in [0.5, 0.6) is 0 Å². The Morgan fingerprint density at radius 1 is 0.811 bits per heavy atom. The molecule has 3 aromatic carbocycles. The lowest BCUT2D eigenvalue weighted by Gasteiger charge is -2.13. The summed E-state index contributed by atoms with van der Waals surface area (Å²) in [6, 6.07) is 7.37. The predicted molar refractivity (Wildman–Crippen MR) is 132 cm³/mol. The van der Waals surface area contributed by atoms with Crippen LogP contribution < -0.4 is 4.72 Å². The molecule has 4 aromatic rings. The van der Waals surface area contributed by atoms with Gasteiger partial charge < -0.3 is 0 Å². The van der Waals surface area contributed by atoms with Crippen molar-refractivity contribution in [3.8, 4) is 0 Å². The van der Waals surface area contributed by atoms with Crippen molar-refractivity contribution in [2.24, 2.45) is 0 Å². The SMILES string of the molecule is O=S(=O)(Nc1cc(Cl)c(Sc2nc3cc(C(F)(F)F)ccc3s2)c(Cl)c1)c1ccc(C(F)(F)F)cc1Cl. The van der Waals surface area contributed by atoms with Crippen molar-refractivity contribution in [1.29, 1.82) is 0 Å². The number of fused-ring (bicyclic) bond motifs is 1. The third-order valence-electron chi connectivity index (χ3n) is 4.68. The van der Waals surface area contributed by atoms with Gasteiger partial charge in [0.15, 0.2) is 4.34 Å². The van der Waals surface area contributed by atoms with E-state index in [1.807, 2.05) is 0 Å². The minimum atomic E-state index is -4.71. The summed E-state index contributed by atoms with van der Waals surface area (Å²) in [7, 11) is -4.42. The standard InChI is InChI=1S/C21H9Cl3F6N2O2S3/c22-12-5-9(20(25,26)27)2-4-17(12)37(33,34)32-11-7-13(23)18(14(24)8-11)36-19-31-15-6-10(21(28,29)30)1-3-16(15)35-19/h1-8,32H. The fourth-order valence-electron chi connectivity index (χ4n) is 3.04. The third kappa shape index (κ3) is 6.23. The Labute approximate surface area is 228 Å². The average Bonchev–Trinajstić information content (AvgIpc) is 3.16. The van der Waals surface area contributed by atoms with Gasteiger partial charge in [0.05, 0.1) is 47.0 Å². The van der Waals surface area contributed by atoms with Crippen molar-refractivity contribution in [2.45, 2.75) is 26.5 Å². The number of hydrogen-bond acceptors (Lipinski definition) is 5. The van der Waals surface area contributed by atoms with Gasteiger partial charge in [0.2, 0.25) is 0 Å². The Kier molecular flexibility index (Phi) is 7.60. The zero-order chi connectivity index (χ0) is 27.3. The molecule has 37 heavy (non-hydrogen) atoms. The number of rotatable bonds is 5. The highest BCUT2D eigenvalue weighted by atomic mass is 35.5. The van der Waals surface area contributed by atoms with Gasteiger partial charge in [-0.15, -0.1) is 11.3 Å². The highest BCUT2D eigenvalue weighted by Crippen LogP contribution is 2.44. The fourth-order valence-corrected chi connectivity index (χ4v) is 7.33. The molecule has 4 rings (SSSR count). The first-order valence-corrected chi connectivity index (χ1v) is 13.8. The number of nitrogens with zero attached hydrogens (tertiary/aromatic N) is 1. The molecule has 0 fully saturated rings.